The van der Waals surface area contributed by atoms with Crippen molar-refractivity contribution < 1.29 is 19.3 Å². The van der Waals surface area contributed by atoms with Crippen LogP contribution in [0, 0.1) is 11.8 Å². The van der Waals surface area contributed by atoms with Crippen LogP contribution in [0.4, 0.5) is 10.3 Å². The van der Waals surface area contributed by atoms with Crippen LogP contribution in [0.1, 0.15) is 13.2 Å². The van der Waals surface area contributed by atoms with Gasteiger partial charge in [-0.05, 0) is 6.92 Å². The molecule has 0 spiro atoms. The number of alkyl halides is 1. The summed E-state index contributed by atoms with van der Waals surface area (Å²) in [7, 11) is 0. The lowest BCUT2D eigenvalue weighted by Gasteiger charge is -2.23. The molecule has 0 aromatic carbocycles. The molecule has 22 heavy (non-hydrogen) atoms. The van der Waals surface area contributed by atoms with Crippen LogP contribution < -0.4 is 5.73 Å². The van der Waals surface area contributed by atoms with Gasteiger partial charge in [0.25, 0.3) is 0 Å². The number of aliphatic hydroxyl groups is 2. The zero-order valence-electron chi connectivity index (χ0n) is 11.6. The highest BCUT2D eigenvalue weighted by Crippen LogP contribution is 2.42. The zero-order valence-corrected chi connectivity index (χ0v) is 11.6. The van der Waals surface area contributed by atoms with Gasteiger partial charge in [0.1, 0.15) is 17.7 Å². The second kappa shape index (κ2) is 5.17. The number of aromatic nitrogens is 4. The van der Waals surface area contributed by atoms with Gasteiger partial charge >= 0.3 is 0 Å². The molecule has 1 aliphatic heterocycles. The van der Waals surface area contributed by atoms with Crippen LogP contribution in [0.5, 0.6) is 0 Å². The van der Waals surface area contributed by atoms with Crippen LogP contribution >= 0.6 is 0 Å². The maximum absolute atomic E-state index is 15.2. The smallest absolute Gasteiger partial charge is 0.243 e. The second-order valence-corrected chi connectivity index (χ2v) is 4.89. The molecule has 4 N–H and O–H groups in total. The van der Waals surface area contributed by atoms with E-state index in [1.54, 1.807) is 0 Å². The predicted octanol–water partition coefficient (Wildman–Crippen LogP) is -0.609. The number of rotatable bonds is 2. The largest absolute Gasteiger partial charge is 0.394 e. The highest BCUT2D eigenvalue weighted by atomic mass is 19.1. The first kappa shape index (κ1) is 14.6. The van der Waals surface area contributed by atoms with Crippen molar-refractivity contribution in [3.05, 3.63) is 12.5 Å². The van der Waals surface area contributed by atoms with Crippen molar-refractivity contribution in [1.29, 1.82) is 0 Å². The van der Waals surface area contributed by atoms with Crippen molar-refractivity contribution in [2.24, 2.45) is 0 Å². The molecule has 4 atom stereocenters. The number of anilines is 1. The van der Waals surface area contributed by atoms with Gasteiger partial charge < -0.3 is 20.7 Å². The monoisotopic (exact) mass is 307 g/mol. The normalized spacial score (nSPS) is 31.2. The lowest BCUT2D eigenvalue weighted by atomic mass is 9.96. The van der Waals surface area contributed by atoms with Crippen LogP contribution in [0.3, 0.4) is 0 Å². The average molecular weight is 307 g/mol. The summed E-state index contributed by atoms with van der Waals surface area (Å²) in [6, 6.07) is 0. The molecule has 8 nitrogen and oxygen atoms in total. The molecule has 2 unspecified atom stereocenters. The number of hydrogen-bond acceptors (Lipinski definition) is 7. The summed E-state index contributed by atoms with van der Waals surface area (Å²) in [6.07, 6.45) is -1.32. The highest BCUT2D eigenvalue weighted by Gasteiger charge is 2.57. The van der Waals surface area contributed by atoms with Crippen molar-refractivity contribution >= 4 is 17.1 Å². The minimum Gasteiger partial charge on any atom is -0.394 e. The quantitative estimate of drug-likeness (QED) is 0.633. The molecule has 116 valence electrons. The summed E-state index contributed by atoms with van der Waals surface area (Å²) in [6.45, 7) is 0.905. The number of aliphatic hydroxyl groups excluding tert-OH is 2. The molecule has 0 amide bonds. The Balaban J connectivity index is 2.14. The number of nitrogens with two attached hydrogens (primary N) is 1. The van der Waals surface area contributed by atoms with E-state index in [1.807, 2.05) is 0 Å². The fourth-order valence-electron chi connectivity index (χ4n) is 2.51. The Labute approximate surface area is 124 Å². The molecule has 3 heterocycles. The summed E-state index contributed by atoms with van der Waals surface area (Å²) >= 11 is 0. The third-order valence-electron chi connectivity index (χ3n) is 3.53. The first-order valence-corrected chi connectivity index (χ1v) is 6.53. The van der Waals surface area contributed by atoms with E-state index in [1.165, 1.54) is 24.0 Å². The van der Waals surface area contributed by atoms with E-state index in [2.05, 4.69) is 26.8 Å². The standard InChI is InChI=1S/C13H14FN5O3/c1-2-3-13(14)9(21)8(5-20)22-11(13)19-6-17-7-4-16-12(15)18-10(7)19/h4,6,8-9,11,20-21H,5H2,1H3,(H2,15,16,18)/t8-,9?,11-,13?/m1/s1. The molecule has 0 aliphatic carbocycles. The maximum Gasteiger partial charge on any atom is 0.243 e. The van der Waals surface area contributed by atoms with Gasteiger partial charge in [-0.1, -0.05) is 5.92 Å². The van der Waals surface area contributed by atoms with Crippen LogP contribution in [0.2, 0.25) is 0 Å². The van der Waals surface area contributed by atoms with Crippen LogP contribution in [-0.4, -0.2) is 54.2 Å². The molecule has 2 aromatic heterocycles. The summed E-state index contributed by atoms with van der Waals surface area (Å²) in [4.78, 5) is 11.9. The Morgan fingerprint density at radius 3 is 3.00 bits per heavy atom. The SMILES string of the molecule is CC#CC1(F)C(O)[C@@H](CO)O[C@H]1n1cnc2cnc(N)nc21. The lowest BCUT2D eigenvalue weighted by molar-refractivity contribution is -0.0504. The fraction of sp³-hybridized carbons (Fsp3) is 0.462. The van der Waals surface area contributed by atoms with Crippen molar-refractivity contribution in [2.45, 2.75) is 31.0 Å². The summed E-state index contributed by atoms with van der Waals surface area (Å²) in [5.74, 6) is 4.76. The minimum absolute atomic E-state index is 0.00228. The molecule has 3 rings (SSSR count). The van der Waals surface area contributed by atoms with Crippen molar-refractivity contribution in [1.82, 2.24) is 19.5 Å². The summed E-state index contributed by atoms with van der Waals surface area (Å²) < 4.78 is 21.9. The number of imidazole rings is 1. The minimum atomic E-state index is -2.41. The first-order chi connectivity index (χ1) is 10.5. The molecular formula is C13H14FN5O3. The molecule has 1 saturated heterocycles. The van der Waals surface area contributed by atoms with Crippen molar-refractivity contribution in [2.75, 3.05) is 12.3 Å². The lowest BCUT2D eigenvalue weighted by Crippen LogP contribution is -2.42. The molecule has 2 aromatic rings. The molecule has 1 fully saturated rings. The average Bonchev–Trinajstić information content (AvgIpc) is 3.00. The number of nitrogens with zero attached hydrogens (tertiary/aromatic N) is 4. The van der Waals surface area contributed by atoms with E-state index < -0.39 is 30.7 Å². The van der Waals surface area contributed by atoms with Gasteiger partial charge in [0.2, 0.25) is 11.6 Å². The third-order valence-corrected chi connectivity index (χ3v) is 3.53. The highest BCUT2D eigenvalue weighted by molar-refractivity contribution is 5.70. The third kappa shape index (κ3) is 2.00. The Kier molecular flexibility index (Phi) is 3.44. The fourth-order valence-corrected chi connectivity index (χ4v) is 2.51. The Morgan fingerprint density at radius 1 is 1.55 bits per heavy atom. The van der Waals surface area contributed by atoms with E-state index in [0.717, 1.165) is 0 Å². The predicted molar refractivity (Wildman–Crippen MR) is 74.0 cm³/mol. The van der Waals surface area contributed by atoms with Gasteiger partial charge in [-0.15, -0.1) is 5.92 Å². The van der Waals surface area contributed by atoms with E-state index in [-0.39, 0.29) is 11.6 Å². The van der Waals surface area contributed by atoms with Crippen LogP contribution in [-0.2, 0) is 4.74 Å². The van der Waals surface area contributed by atoms with Crippen molar-refractivity contribution in [3.8, 4) is 11.8 Å². The number of halogens is 1. The molecule has 0 radical (unpaired) electrons. The number of nitrogen functional groups attached to an aromatic ring is 1. The number of fused-ring (bicyclic) bond motifs is 1. The van der Waals surface area contributed by atoms with Crippen molar-refractivity contribution in [3.63, 3.8) is 0 Å². The number of hydrogen-bond donors (Lipinski definition) is 3. The van der Waals surface area contributed by atoms with E-state index in [4.69, 9.17) is 10.5 Å². The Bertz CT molecular complexity index is 770. The van der Waals surface area contributed by atoms with E-state index in [0.29, 0.717) is 5.52 Å². The van der Waals surface area contributed by atoms with Gasteiger partial charge in [0.05, 0.1) is 19.1 Å². The topological polar surface area (TPSA) is 119 Å². The Morgan fingerprint density at radius 2 is 2.32 bits per heavy atom. The van der Waals surface area contributed by atoms with Crippen LogP contribution in [0.25, 0.3) is 11.2 Å². The molecule has 0 saturated carbocycles. The first-order valence-electron chi connectivity index (χ1n) is 6.53. The molecule has 9 heteroatoms. The van der Waals surface area contributed by atoms with Gasteiger partial charge in [-0.3, -0.25) is 4.57 Å². The summed E-state index contributed by atoms with van der Waals surface area (Å²) in [5, 5.41) is 19.3. The second-order valence-electron chi connectivity index (χ2n) is 4.89. The van der Waals surface area contributed by atoms with Gasteiger partial charge in [0, 0.05) is 0 Å². The van der Waals surface area contributed by atoms with Gasteiger partial charge in [-0.2, -0.15) is 4.98 Å². The Hall–Kier alpha value is -2.28. The van der Waals surface area contributed by atoms with Crippen LogP contribution in [0.15, 0.2) is 12.5 Å². The van der Waals surface area contributed by atoms with E-state index >= 15 is 4.39 Å². The van der Waals surface area contributed by atoms with Gasteiger partial charge in [0.15, 0.2) is 11.9 Å². The van der Waals surface area contributed by atoms with Gasteiger partial charge in [-0.25, -0.2) is 14.4 Å². The molecular weight excluding hydrogens is 293 g/mol. The summed E-state index contributed by atoms with van der Waals surface area (Å²) in [5.41, 5.74) is 3.78. The zero-order chi connectivity index (χ0) is 15.9. The maximum atomic E-state index is 15.2. The number of ether oxygens (including phenoxy) is 1. The molecule has 1 aliphatic rings. The molecule has 0 bridgehead atoms. The van der Waals surface area contributed by atoms with E-state index in [9.17, 15) is 10.2 Å².